The average molecular weight is 430 g/mol. The van der Waals surface area contributed by atoms with Crippen LogP contribution in [0.3, 0.4) is 0 Å². The number of rotatable bonds is 4. The second kappa shape index (κ2) is 7.43. The fraction of sp³-hybridized carbons (Fsp3) is 0.500. The number of H-pyrrole nitrogens is 1. The van der Waals surface area contributed by atoms with Gasteiger partial charge in [0.15, 0.2) is 10.9 Å². The zero-order valence-electron chi connectivity index (χ0n) is 17.5. The van der Waals surface area contributed by atoms with Crippen molar-refractivity contribution in [3.8, 4) is 0 Å². The van der Waals surface area contributed by atoms with Gasteiger partial charge in [0.05, 0.1) is 11.5 Å². The summed E-state index contributed by atoms with van der Waals surface area (Å²) >= 11 is 3.22. The molecule has 29 heavy (non-hydrogen) atoms. The monoisotopic (exact) mass is 429 g/mol. The van der Waals surface area contributed by atoms with Crippen LogP contribution in [0, 0.1) is 12.3 Å². The quantitative estimate of drug-likeness (QED) is 0.514. The van der Waals surface area contributed by atoms with Crippen molar-refractivity contribution in [2.45, 2.75) is 70.2 Å². The highest BCUT2D eigenvalue weighted by Gasteiger charge is 2.42. The Morgan fingerprint density at radius 2 is 2.07 bits per heavy atom. The molecule has 0 saturated heterocycles. The van der Waals surface area contributed by atoms with Crippen molar-refractivity contribution < 1.29 is 4.79 Å². The Morgan fingerprint density at radius 1 is 1.31 bits per heavy atom. The van der Waals surface area contributed by atoms with Crippen molar-refractivity contribution in [1.29, 1.82) is 0 Å². The maximum atomic E-state index is 13.2. The highest BCUT2D eigenvalue weighted by atomic mass is 32.2. The van der Waals surface area contributed by atoms with Gasteiger partial charge >= 0.3 is 0 Å². The number of anilines is 1. The molecule has 2 aliphatic rings. The number of ketones is 1. The van der Waals surface area contributed by atoms with Crippen molar-refractivity contribution in [3.63, 3.8) is 0 Å². The van der Waals surface area contributed by atoms with E-state index in [1.54, 1.807) is 23.1 Å². The predicted molar refractivity (Wildman–Crippen MR) is 120 cm³/mol. The van der Waals surface area contributed by atoms with E-state index in [4.69, 9.17) is 4.98 Å². The maximum absolute atomic E-state index is 13.2. The van der Waals surface area contributed by atoms with Gasteiger partial charge in [-0.05, 0) is 37.3 Å². The highest BCUT2D eigenvalue weighted by molar-refractivity contribution is 7.99. The summed E-state index contributed by atoms with van der Waals surface area (Å²) < 4.78 is 0. The standard InChI is InChI=1S/C22H27N3O2S2/c1-6-11(2)29-21-24-19-18(20(27)25-21)17(15-8-7-12(3)28-15)16-13(23-19)9-22(4,5)10-14(16)26/h7-8,11,17H,6,9-10H2,1-5H3,(H2,23,24,25,27)/t11-,17+/m1/s1. The molecule has 4 rings (SSSR count). The normalized spacial score (nSPS) is 21.4. The summed E-state index contributed by atoms with van der Waals surface area (Å²) in [5.74, 6) is 0.380. The van der Waals surface area contributed by atoms with E-state index in [9.17, 15) is 9.59 Å². The van der Waals surface area contributed by atoms with Gasteiger partial charge in [0.25, 0.3) is 5.56 Å². The number of carbonyl (C=O) groups excluding carboxylic acids is 1. The Bertz CT molecular complexity index is 1060. The number of aromatic nitrogens is 2. The summed E-state index contributed by atoms with van der Waals surface area (Å²) in [5.41, 5.74) is 1.97. The van der Waals surface area contributed by atoms with Gasteiger partial charge in [-0.1, -0.05) is 39.5 Å². The molecule has 0 fully saturated rings. The molecule has 0 saturated carbocycles. The number of nitrogens with zero attached hydrogens (tertiary/aromatic N) is 1. The lowest BCUT2D eigenvalue weighted by Gasteiger charge is -2.38. The minimum absolute atomic E-state index is 0.105. The first-order valence-corrected chi connectivity index (χ1v) is 11.8. The molecule has 0 unspecified atom stereocenters. The van der Waals surface area contributed by atoms with Gasteiger partial charge in [-0.3, -0.25) is 9.59 Å². The van der Waals surface area contributed by atoms with Gasteiger partial charge in [-0.2, -0.15) is 0 Å². The summed E-state index contributed by atoms with van der Waals surface area (Å²) in [7, 11) is 0. The highest BCUT2D eigenvalue weighted by Crippen LogP contribution is 2.48. The summed E-state index contributed by atoms with van der Waals surface area (Å²) in [5, 5.41) is 4.37. The largest absolute Gasteiger partial charge is 0.343 e. The Hall–Kier alpha value is -1.86. The van der Waals surface area contributed by atoms with Crippen LogP contribution in [0.25, 0.3) is 0 Å². The summed E-state index contributed by atoms with van der Waals surface area (Å²) in [4.78, 5) is 36.3. The third-order valence-electron chi connectivity index (χ3n) is 5.63. The van der Waals surface area contributed by atoms with Gasteiger partial charge in [0.1, 0.15) is 5.82 Å². The summed E-state index contributed by atoms with van der Waals surface area (Å²) in [6.07, 6.45) is 2.27. The van der Waals surface area contributed by atoms with E-state index in [0.717, 1.165) is 29.0 Å². The Balaban J connectivity index is 1.89. The van der Waals surface area contributed by atoms with Gasteiger partial charge < -0.3 is 10.3 Å². The molecule has 5 nitrogen and oxygen atoms in total. The van der Waals surface area contributed by atoms with Crippen LogP contribution in [0.5, 0.6) is 0 Å². The number of aryl methyl sites for hydroxylation is 1. The number of hydrogen-bond donors (Lipinski definition) is 2. The molecule has 3 heterocycles. The van der Waals surface area contributed by atoms with E-state index in [1.807, 2.05) is 19.1 Å². The zero-order valence-corrected chi connectivity index (χ0v) is 19.1. The first-order valence-electron chi connectivity index (χ1n) is 10.1. The fourth-order valence-corrected chi connectivity index (χ4v) is 5.96. The van der Waals surface area contributed by atoms with Gasteiger partial charge in [-0.15, -0.1) is 11.3 Å². The predicted octanol–water partition coefficient (Wildman–Crippen LogP) is 5.23. The molecular weight excluding hydrogens is 402 g/mol. The van der Waals surface area contributed by atoms with E-state index < -0.39 is 0 Å². The molecule has 0 spiro atoms. The van der Waals surface area contributed by atoms with Crippen molar-refractivity contribution in [3.05, 3.63) is 49.1 Å². The van der Waals surface area contributed by atoms with Gasteiger partial charge in [0.2, 0.25) is 0 Å². The third-order valence-corrected chi connectivity index (χ3v) is 7.85. The number of allylic oxidation sites excluding steroid dienone is 2. The topological polar surface area (TPSA) is 74.8 Å². The lowest BCUT2D eigenvalue weighted by Crippen LogP contribution is -2.36. The average Bonchev–Trinajstić information content (AvgIpc) is 3.04. The van der Waals surface area contributed by atoms with E-state index in [0.29, 0.717) is 28.2 Å². The second-order valence-corrected chi connectivity index (χ2v) is 11.6. The minimum atomic E-state index is -0.345. The maximum Gasteiger partial charge on any atom is 0.257 e. The zero-order chi connectivity index (χ0) is 20.9. The second-order valence-electron chi connectivity index (χ2n) is 8.81. The van der Waals surface area contributed by atoms with Crippen LogP contribution in [0.1, 0.15) is 68.2 Å². The molecule has 7 heteroatoms. The van der Waals surface area contributed by atoms with E-state index in [1.165, 1.54) is 4.88 Å². The number of Topliss-reactive ketones (excluding diaryl/α,β-unsaturated/α-hetero) is 1. The van der Waals surface area contributed by atoms with Crippen LogP contribution in [0.15, 0.2) is 33.4 Å². The molecule has 0 radical (unpaired) electrons. The van der Waals surface area contributed by atoms with Gasteiger partial charge in [0, 0.05) is 32.7 Å². The van der Waals surface area contributed by atoms with Crippen LogP contribution >= 0.6 is 23.1 Å². The summed E-state index contributed by atoms with van der Waals surface area (Å²) in [6.45, 7) is 10.5. The SMILES string of the molecule is CC[C@@H](C)Sc1nc2c(c(=O)[nH]1)[C@@H](c1ccc(C)s1)C1=C(CC(C)(C)CC1=O)N2. The van der Waals surface area contributed by atoms with Crippen molar-refractivity contribution in [2.75, 3.05) is 5.32 Å². The third kappa shape index (κ3) is 3.82. The molecule has 2 aromatic rings. The molecule has 0 aromatic carbocycles. The molecule has 1 aliphatic heterocycles. The number of thioether (sulfide) groups is 1. The number of thiophene rings is 1. The van der Waals surface area contributed by atoms with Crippen LogP contribution in [0.2, 0.25) is 0 Å². The lowest BCUT2D eigenvalue weighted by atomic mass is 9.70. The molecule has 2 aromatic heterocycles. The number of carbonyl (C=O) groups is 1. The van der Waals surface area contributed by atoms with E-state index in [2.05, 4.69) is 38.0 Å². The van der Waals surface area contributed by atoms with E-state index in [-0.39, 0.29) is 22.7 Å². The first-order chi connectivity index (χ1) is 13.7. The molecule has 1 aliphatic carbocycles. The van der Waals surface area contributed by atoms with Crippen LogP contribution in [0.4, 0.5) is 5.82 Å². The Kier molecular flexibility index (Phi) is 5.23. The molecule has 0 bridgehead atoms. The lowest BCUT2D eigenvalue weighted by molar-refractivity contribution is -0.118. The van der Waals surface area contributed by atoms with E-state index >= 15 is 0 Å². The minimum Gasteiger partial charge on any atom is -0.343 e. The summed E-state index contributed by atoms with van der Waals surface area (Å²) in [6, 6.07) is 4.09. The van der Waals surface area contributed by atoms with Crippen molar-refractivity contribution in [1.82, 2.24) is 9.97 Å². The smallest absolute Gasteiger partial charge is 0.257 e. The number of fused-ring (bicyclic) bond motifs is 1. The van der Waals surface area contributed by atoms with Crippen LogP contribution in [-0.2, 0) is 4.79 Å². The Labute approximate surface area is 179 Å². The number of nitrogens with one attached hydrogen (secondary N) is 2. The molecular formula is C22H27N3O2S2. The number of hydrogen-bond acceptors (Lipinski definition) is 6. The molecule has 0 amide bonds. The Morgan fingerprint density at radius 3 is 2.72 bits per heavy atom. The number of aromatic amines is 1. The van der Waals surface area contributed by atoms with Crippen molar-refractivity contribution in [2.24, 2.45) is 5.41 Å². The van der Waals surface area contributed by atoms with Crippen LogP contribution < -0.4 is 10.9 Å². The molecule has 2 atom stereocenters. The van der Waals surface area contributed by atoms with Gasteiger partial charge in [-0.25, -0.2) is 4.98 Å². The molecule has 154 valence electrons. The van der Waals surface area contributed by atoms with Crippen LogP contribution in [-0.4, -0.2) is 21.0 Å². The van der Waals surface area contributed by atoms with Crippen molar-refractivity contribution >= 4 is 34.7 Å². The fourth-order valence-electron chi connectivity index (χ4n) is 4.12. The first kappa shape index (κ1) is 20.4. The molecule has 2 N–H and O–H groups in total.